The third-order valence-corrected chi connectivity index (χ3v) is 4.36. The van der Waals surface area contributed by atoms with Crippen molar-refractivity contribution in [2.24, 2.45) is 23.5 Å². The Hall–Kier alpha value is -1.27. The molecule has 1 heterocycles. The van der Waals surface area contributed by atoms with Crippen LogP contribution in [0.1, 0.15) is 32.6 Å². The minimum absolute atomic E-state index is 0.159. The Morgan fingerprint density at radius 1 is 1.32 bits per heavy atom. The van der Waals surface area contributed by atoms with Crippen molar-refractivity contribution in [1.29, 1.82) is 0 Å². The topological polar surface area (TPSA) is 92.5 Å². The second kappa shape index (κ2) is 5.38. The van der Waals surface area contributed by atoms with E-state index in [0.29, 0.717) is 0 Å². The number of amides is 2. The van der Waals surface area contributed by atoms with E-state index < -0.39 is 23.8 Å². The van der Waals surface area contributed by atoms with Crippen molar-refractivity contribution in [2.75, 3.05) is 7.05 Å². The van der Waals surface area contributed by atoms with Gasteiger partial charge in [-0.15, -0.1) is 0 Å². The lowest BCUT2D eigenvalue weighted by molar-refractivity contribution is -0.144. The van der Waals surface area contributed by atoms with Crippen LogP contribution in [-0.2, 0) is 14.4 Å². The molecular formula is C13H21N3O3. The first-order valence-electron chi connectivity index (χ1n) is 6.83. The summed E-state index contributed by atoms with van der Waals surface area (Å²) in [5.74, 6) is -2.50. The van der Waals surface area contributed by atoms with Crippen molar-refractivity contribution in [2.45, 2.75) is 38.6 Å². The Kier molecular flexibility index (Phi) is 4.01. The van der Waals surface area contributed by atoms with Gasteiger partial charge in [0.2, 0.25) is 5.91 Å². The van der Waals surface area contributed by atoms with Gasteiger partial charge in [0.05, 0.1) is 12.0 Å². The van der Waals surface area contributed by atoms with Crippen LogP contribution in [0.2, 0.25) is 0 Å². The zero-order valence-electron chi connectivity index (χ0n) is 11.4. The molecule has 0 spiro atoms. The van der Waals surface area contributed by atoms with Gasteiger partial charge in [-0.1, -0.05) is 19.8 Å². The lowest BCUT2D eigenvalue weighted by Gasteiger charge is -2.21. The van der Waals surface area contributed by atoms with E-state index in [1.54, 1.807) is 6.92 Å². The molecule has 3 atom stereocenters. The standard InChI is InChI=1S/C13H21N3O3/c1-7-9(13(19)16(15-2)12(7)18)11(17)10(14)8-5-3-4-6-8/h7-10,15H,3-6,14H2,1-2H3/t7-,9+,10-/m0/s1. The van der Waals surface area contributed by atoms with Gasteiger partial charge in [-0.2, -0.15) is 0 Å². The van der Waals surface area contributed by atoms with Crippen molar-refractivity contribution in [3.05, 3.63) is 0 Å². The Bertz CT molecular complexity index is 404. The maximum absolute atomic E-state index is 12.4. The highest BCUT2D eigenvalue weighted by Crippen LogP contribution is 2.32. The SMILES string of the molecule is CNN1C(=O)[C@@H](C(=O)[C@@H](N)C2CCCC2)[C@H](C)C1=O. The summed E-state index contributed by atoms with van der Waals surface area (Å²) >= 11 is 0. The van der Waals surface area contributed by atoms with Gasteiger partial charge in [-0.3, -0.25) is 14.4 Å². The number of nitrogens with zero attached hydrogens (tertiary/aromatic N) is 1. The van der Waals surface area contributed by atoms with Crippen LogP contribution < -0.4 is 11.2 Å². The average molecular weight is 267 g/mol. The highest BCUT2D eigenvalue weighted by atomic mass is 16.2. The molecule has 0 aromatic heterocycles. The van der Waals surface area contributed by atoms with Gasteiger partial charge in [-0.05, 0) is 18.8 Å². The summed E-state index contributed by atoms with van der Waals surface area (Å²) < 4.78 is 0. The lowest BCUT2D eigenvalue weighted by Crippen LogP contribution is -2.46. The minimum atomic E-state index is -0.921. The van der Waals surface area contributed by atoms with Gasteiger partial charge >= 0.3 is 0 Å². The van der Waals surface area contributed by atoms with Crippen LogP contribution in [0.25, 0.3) is 0 Å². The summed E-state index contributed by atoms with van der Waals surface area (Å²) in [6.45, 7) is 1.61. The van der Waals surface area contributed by atoms with E-state index >= 15 is 0 Å². The highest BCUT2D eigenvalue weighted by Gasteiger charge is 2.50. The van der Waals surface area contributed by atoms with E-state index in [9.17, 15) is 14.4 Å². The molecule has 1 saturated carbocycles. The van der Waals surface area contributed by atoms with Crippen molar-refractivity contribution >= 4 is 17.6 Å². The predicted molar refractivity (Wildman–Crippen MR) is 68.5 cm³/mol. The fourth-order valence-electron chi connectivity index (χ4n) is 3.15. The number of hydrogen-bond acceptors (Lipinski definition) is 5. The number of carbonyl (C=O) groups excluding carboxylic acids is 3. The number of ketones is 1. The molecule has 6 heteroatoms. The Balaban J connectivity index is 2.14. The zero-order valence-corrected chi connectivity index (χ0v) is 11.4. The van der Waals surface area contributed by atoms with Gasteiger partial charge in [0.1, 0.15) is 5.92 Å². The summed E-state index contributed by atoms with van der Waals surface area (Å²) in [5.41, 5.74) is 8.54. The zero-order chi connectivity index (χ0) is 14.2. The van der Waals surface area contributed by atoms with Crippen molar-refractivity contribution in [3.8, 4) is 0 Å². The molecule has 1 aliphatic heterocycles. The van der Waals surface area contributed by atoms with Crippen molar-refractivity contribution < 1.29 is 14.4 Å². The lowest BCUT2D eigenvalue weighted by atomic mass is 9.84. The third-order valence-electron chi connectivity index (χ3n) is 4.36. The molecule has 106 valence electrons. The van der Waals surface area contributed by atoms with Crippen LogP contribution in [0.4, 0.5) is 0 Å². The smallest absolute Gasteiger partial charge is 0.255 e. The summed E-state index contributed by atoms with van der Waals surface area (Å²) in [6.07, 6.45) is 4.04. The van der Waals surface area contributed by atoms with Crippen molar-refractivity contribution in [3.63, 3.8) is 0 Å². The normalized spacial score (nSPS) is 30.2. The van der Waals surface area contributed by atoms with E-state index in [0.717, 1.165) is 30.7 Å². The molecule has 2 fully saturated rings. The van der Waals surface area contributed by atoms with Gasteiger partial charge in [0.15, 0.2) is 5.78 Å². The molecule has 3 N–H and O–H groups in total. The Morgan fingerprint density at radius 3 is 2.37 bits per heavy atom. The largest absolute Gasteiger partial charge is 0.321 e. The molecule has 1 aliphatic carbocycles. The second-order valence-corrected chi connectivity index (χ2v) is 5.47. The number of rotatable bonds is 4. The Labute approximate surface area is 112 Å². The molecule has 0 radical (unpaired) electrons. The van der Waals surface area contributed by atoms with Crippen LogP contribution in [-0.4, -0.2) is 35.7 Å². The van der Waals surface area contributed by atoms with Crippen LogP contribution >= 0.6 is 0 Å². The number of hydrogen-bond donors (Lipinski definition) is 2. The number of carbonyl (C=O) groups is 3. The van der Waals surface area contributed by atoms with E-state index in [4.69, 9.17) is 5.73 Å². The first-order valence-corrected chi connectivity index (χ1v) is 6.83. The second-order valence-electron chi connectivity index (χ2n) is 5.47. The molecule has 0 unspecified atom stereocenters. The molecule has 2 rings (SSSR count). The molecule has 0 aromatic carbocycles. The number of imide groups is 1. The fraction of sp³-hybridized carbons (Fsp3) is 0.769. The number of Topliss-reactive ketones (excluding diaryl/α,β-unsaturated/α-hetero) is 1. The quantitative estimate of drug-likeness (QED) is 0.545. The van der Waals surface area contributed by atoms with E-state index in [1.165, 1.54) is 7.05 Å². The maximum Gasteiger partial charge on any atom is 0.255 e. The van der Waals surface area contributed by atoms with Gasteiger partial charge in [0, 0.05) is 7.05 Å². The van der Waals surface area contributed by atoms with E-state index in [2.05, 4.69) is 5.43 Å². The minimum Gasteiger partial charge on any atom is -0.321 e. The third kappa shape index (κ3) is 2.30. The monoisotopic (exact) mass is 267 g/mol. The average Bonchev–Trinajstić information content (AvgIpc) is 2.98. The summed E-state index contributed by atoms with van der Waals surface area (Å²) in [4.78, 5) is 36.3. The summed E-state index contributed by atoms with van der Waals surface area (Å²) in [5, 5.41) is 0.925. The predicted octanol–water partition coefficient (Wildman–Crippen LogP) is -0.171. The first kappa shape index (κ1) is 14.1. The van der Waals surface area contributed by atoms with Crippen molar-refractivity contribution in [1.82, 2.24) is 10.4 Å². The maximum atomic E-state index is 12.4. The molecule has 0 aromatic rings. The van der Waals surface area contributed by atoms with Gasteiger partial charge in [-0.25, -0.2) is 10.4 Å². The molecule has 19 heavy (non-hydrogen) atoms. The molecule has 2 aliphatic rings. The van der Waals surface area contributed by atoms with Crippen LogP contribution in [0.15, 0.2) is 0 Å². The fourth-order valence-corrected chi connectivity index (χ4v) is 3.15. The molecule has 6 nitrogen and oxygen atoms in total. The van der Waals surface area contributed by atoms with E-state index in [1.807, 2.05) is 0 Å². The van der Waals surface area contributed by atoms with Crippen LogP contribution in [0.5, 0.6) is 0 Å². The van der Waals surface area contributed by atoms with Gasteiger partial charge < -0.3 is 5.73 Å². The molecular weight excluding hydrogens is 246 g/mol. The molecule has 0 bridgehead atoms. The number of hydrazine groups is 1. The van der Waals surface area contributed by atoms with Crippen LogP contribution in [0.3, 0.4) is 0 Å². The van der Waals surface area contributed by atoms with E-state index in [-0.39, 0.29) is 17.6 Å². The molecule has 1 saturated heterocycles. The first-order chi connectivity index (χ1) is 8.99. The molecule has 2 amide bonds. The van der Waals surface area contributed by atoms with Gasteiger partial charge in [0.25, 0.3) is 5.91 Å². The summed E-state index contributed by atoms with van der Waals surface area (Å²) in [6, 6.07) is -0.622. The Morgan fingerprint density at radius 2 is 1.89 bits per heavy atom. The summed E-state index contributed by atoms with van der Waals surface area (Å²) in [7, 11) is 1.49. The highest BCUT2D eigenvalue weighted by molar-refractivity contribution is 6.16. The van der Waals surface area contributed by atoms with Crippen LogP contribution in [0, 0.1) is 17.8 Å². The number of nitrogens with one attached hydrogen (secondary N) is 1. The number of nitrogens with two attached hydrogens (primary N) is 1.